The van der Waals surface area contributed by atoms with E-state index in [1.54, 1.807) is 30.1 Å². The average molecular weight is 676 g/mol. The fourth-order valence-corrected chi connectivity index (χ4v) is 4.77. The third-order valence-corrected chi connectivity index (χ3v) is 7.51. The van der Waals surface area contributed by atoms with Crippen molar-refractivity contribution in [1.29, 1.82) is 0 Å². The lowest BCUT2D eigenvalue weighted by molar-refractivity contribution is -0.133. The molecule has 0 saturated heterocycles. The number of hydrogen-bond acceptors (Lipinski definition) is 9. The van der Waals surface area contributed by atoms with Gasteiger partial charge < -0.3 is 54.0 Å². The highest BCUT2D eigenvalue weighted by molar-refractivity contribution is 7.78. The van der Waals surface area contributed by atoms with Crippen LogP contribution in [-0.2, 0) is 25.6 Å². The van der Waals surface area contributed by atoms with Crippen LogP contribution in [-0.4, -0.2) is 110 Å². The number of thiocarbonyl (C=S) groups is 1. The molecular formula is C31H53N11O4S. The highest BCUT2D eigenvalue weighted by Gasteiger charge is 2.31. The topological polar surface area (TPSA) is 239 Å². The quantitative estimate of drug-likeness (QED) is 0.0291. The lowest BCUT2D eigenvalue weighted by Crippen LogP contribution is -2.58. The number of rotatable bonds is 23. The minimum Gasteiger partial charge on any atom is -0.382 e. The number of hydrogen-bond donors (Lipinski definition) is 8. The molecule has 1 rings (SSSR count). The Balaban J connectivity index is 3.32. The predicted molar refractivity (Wildman–Crippen MR) is 189 cm³/mol. The van der Waals surface area contributed by atoms with Crippen molar-refractivity contribution < 1.29 is 19.2 Å². The summed E-state index contributed by atoms with van der Waals surface area (Å²) >= 11 is 5.13. The fourth-order valence-electron chi connectivity index (χ4n) is 4.63. The van der Waals surface area contributed by atoms with Gasteiger partial charge in [0.2, 0.25) is 23.6 Å². The maximum Gasteiger partial charge on any atom is 0.243 e. The first kappa shape index (κ1) is 40.7. The van der Waals surface area contributed by atoms with Gasteiger partial charge in [0.15, 0.2) is 5.96 Å². The highest BCUT2D eigenvalue weighted by atomic mass is 32.1. The van der Waals surface area contributed by atoms with Crippen LogP contribution in [0.3, 0.4) is 0 Å². The Bertz CT molecular complexity index is 1210. The normalized spacial score (nSPS) is 13.7. The summed E-state index contributed by atoms with van der Waals surface area (Å²) in [5.74, 6) is -2.34. The zero-order valence-corrected chi connectivity index (χ0v) is 28.7. The molecule has 0 heterocycles. The Morgan fingerprint density at radius 3 is 1.98 bits per heavy atom. The molecular weight excluding hydrogens is 622 g/mol. The van der Waals surface area contributed by atoms with Crippen LogP contribution in [0.15, 0.2) is 47.2 Å². The van der Waals surface area contributed by atoms with Gasteiger partial charge in [-0.15, -0.1) is 0 Å². The van der Waals surface area contributed by atoms with Gasteiger partial charge in [-0.1, -0.05) is 42.5 Å². The summed E-state index contributed by atoms with van der Waals surface area (Å²) in [6.45, 7) is 0.735. The minimum absolute atomic E-state index is 0.0395. The molecule has 0 aliphatic heterocycles. The van der Waals surface area contributed by atoms with E-state index < -0.39 is 47.8 Å². The first-order chi connectivity index (χ1) is 22.3. The number of aliphatic imine (C=N–C) groups is 1. The molecule has 0 aromatic heterocycles. The summed E-state index contributed by atoms with van der Waals surface area (Å²) in [7, 11) is 7.01. The summed E-state index contributed by atoms with van der Waals surface area (Å²) in [5, 5.41) is 11.3. The zero-order valence-electron chi connectivity index (χ0n) is 27.9. The standard InChI is InChI=1S/C31H53N11O4S/c1-36-23(14-10-16-37-31(34)35)28(44)40-26(18-22(19-41(2)3)42(4)20-47)30(46)38-24(13-8-9-15-32)29(45)39-25(27(33)43)17-21-11-6-5-7-12-21/h5-7,11-12,19-20,23-26,36H,8-10,13-18,32H2,1-4H3,(H2,33,43)(H,38,46)(H,39,45)(H,40,44)(H4,34,35,37)/b22-19-. The SMILES string of the molecule is CNC(CCCN=C(N)N)C(=O)NC(C/C(=C/N(C)C)N(C)C=S)C(=O)NC(CCCCN)C(=O)NC(Cc1ccccc1)C(N)=O. The smallest absolute Gasteiger partial charge is 0.243 e. The van der Waals surface area contributed by atoms with Crippen LogP contribution in [0.2, 0.25) is 0 Å². The van der Waals surface area contributed by atoms with E-state index in [1.165, 1.54) is 5.49 Å². The number of benzene rings is 1. The molecule has 0 fully saturated rings. The summed E-state index contributed by atoms with van der Waals surface area (Å²) in [6.07, 6.45) is 4.32. The number of amides is 4. The van der Waals surface area contributed by atoms with Crippen molar-refractivity contribution in [1.82, 2.24) is 31.1 Å². The highest BCUT2D eigenvalue weighted by Crippen LogP contribution is 2.13. The lowest BCUT2D eigenvalue weighted by Gasteiger charge is -2.28. The van der Waals surface area contributed by atoms with Gasteiger partial charge in [0.1, 0.15) is 18.1 Å². The van der Waals surface area contributed by atoms with Gasteiger partial charge in [-0.05, 0) is 51.3 Å². The van der Waals surface area contributed by atoms with Crippen molar-refractivity contribution in [2.75, 3.05) is 41.3 Å². The summed E-state index contributed by atoms with van der Waals surface area (Å²) in [5.41, 5.74) is 25.0. The number of guanidine groups is 1. The molecule has 47 heavy (non-hydrogen) atoms. The molecule has 0 spiro atoms. The first-order valence-corrected chi connectivity index (χ1v) is 16.0. The minimum atomic E-state index is -1.10. The first-order valence-electron chi connectivity index (χ1n) is 15.5. The van der Waals surface area contributed by atoms with E-state index in [1.807, 2.05) is 44.4 Å². The van der Waals surface area contributed by atoms with Crippen LogP contribution in [0.5, 0.6) is 0 Å². The molecule has 16 heteroatoms. The fraction of sp³-hybridized carbons (Fsp3) is 0.548. The zero-order chi connectivity index (χ0) is 35.4. The molecule has 0 aliphatic carbocycles. The predicted octanol–water partition coefficient (Wildman–Crippen LogP) is -1.38. The van der Waals surface area contributed by atoms with Gasteiger partial charge >= 0.3 is 0 Å². The third kappa shape index (κ3) is 16.2. The van der Waals surface area contributed by atoms with Crippen molar-refractivity contribution >= 4 is 47.3 Å². The van der Waals surface area contributed by atoms with Crippen LogP contribution in [0.1, 0.15) is 44.1 Å². The number of nitrogens with one attached hydrogen (secondary N) is 4. The largest absolute Gasteiger partial charge is 0.382 e. The molecule has 0 bridgehead atoms. The van der Waals surface area contributed by atoms with Gasteiger partial charge in [0.25, 0.3) is 0 Å². The Labute approximate surface area is 283 Å². The van der Waals surface area contributed by atoms with E-state index in [0.717, 1.165) is 5.56 Å². The van der Waals surface area contributed by atoms with Crippen molar-refractivity contribution in [2.45, 2.75) is 69.1 Å². The third-order valence-electron chi connectivity index (χ3n) is 7.20. The monoisotopic (exact) mass is 675 g/mol. The molecule has 0 aliphatic rings. The van der Waals surface area contributed by atoms with Crippen LogP contribution in [0.25, 0.3) is 0 Å². The number of carbonyl (C=O) groups excluding carboxylic acids is 4. The molecule has 1 aromatic rings. The number of nitrogens with zero attached hydrogens (tertiary/aromatic N) is 3. The molecule has 4 unspecified atom stereocenters. The van der Waals surface area contributed by atoms with E-state index in [-0.39, 0.29) is 25.2 Å². The lowest BCUT2D eigenvalue weighted by atomic mass is 10.0. The average Bonchev–Trinajstić information content (AvgIpc) is 3.02. The van der Waals surface area contributed by atoms with Gasteiger partial charge in [0, 0.05) is 52.4 Å². The Kier molecular flexibility index (Phi) is 19.3. The van der Waals surface area contributed by atoms with E-state index >= 15 is 0 Å². The van der Waals surface area contributed by atoms with Gasteiger partial charge in [0.05, 0.1) is 11.5 Å². The maximum absolute atomic E-state index is 13.9. The van der Waals surface area contributed by atoms with Gasteiger partial charge in [-0.25, -0.2) is 0 Å². The Morgan fingerprint density at radius 2 is 1.43 bits per heavy atom. The summed E-state index contributed by atoms with van der Waals surface area (Å²) < 4.78 is 0. The maximum atomic E-state index is 13.9. The van der Waals surface area contributed by atoms with Crippen LogP contribution >= 0.6 is 12.2 Å². The van der Waals surface area contributed by atoms with Crippen molar-refractivity contribution in [3.8, 4) is 0 Å². The second-order valence-electron chi connectivity index (χ2n) is 11.4. The molecule has 0 saturated carbocycles. The Morgan fingerprint density at radius 1 is 0.851 bits per heavy atom. The number of carbonyl (C=O) groups is 4. The molecule has 0 radical (unpaired) electrons. The number of nitrogens with two attached hydrogens (primary N) is 4. The molecule has 4 atom stereocenters. The van der Waals surface area contributed by atoms with Crippen LogP contribution in [0, 0.1) is 0 Å². The summed E-state index contributed by atoms with van der Waals surface area (Å²) in [6, 6.07) is 5.35. The van der Waals surface area contributed by atoms with E-state index in [9.17, 15) is 19.2 Å². The van der Waals surface area contributed by atoms with Crippen molar-refractivity contribution in [2.24, 2.45) is 27.9 Å². The molecule has 1 aromatic carbocycles. The van der Waals surface area contributed by atoms with E-state index in [0.29, 0.717) is 44.5 Å². The van der Waals surface area contributed by atoms with Crippen LogP contribution < -0.4 is 44.2 Å². The van der Waals surface area contributed by atoms with Gasteiger partial charge in [-0.2, -0.15) is 0 Å². The summed E-state index contributed by atoms with van der Waals surface area (Å²) in [4.78, 5) is 60.6. The molecule has 262 valence electrons. The molecule has 15 nitrogen and oxygen atoms in total. The van der Waals surface area contributed by atoms with Crippen molar-refractivity contribution in [3.63, 3.8) is 0 Å². The number of unbranched alkanes of at least 4 members (excludes halogenated alkanes) is 1. The van der Waals surface area contributed by atoms with Crippen LogP contribution in [0.4, 0.5) is 0 Å². The molecule has 4 amide bonds. The number of likely N-dealkylation sites (N-methyl/N-ethyl adjacent to an activating group) is 1. The number of primary amides is 1. The van der Waals surface area contributed by atoms with E-state index in [2.05, 4.69) is 26.3 Å². The van der Waals surface area contributed by atoms with E-state index in [4.69, 9.17) is 35.2 Å². The second kappa shape index (κ2) is 22.3. The Hall–Kier alpha value is -4.28. The van der Waals surface area contributed by atoms with Crippen molar-refractivity contribution in [3.05, 3.63) is 47.8 Å². The second-order valence-corrected chi connectivity index (χ2v) is 11.6. The van der Waals surface area contributed by atoms with Gasteiger partial charge in [-0.3, -0.25) is 24.2 Å². The molecule has 12 N–H and O–H groups in total.